The van der Waals surface area contributed by atoms with Crippen molar-refractivity contribution >= 4 is 27.5 Å². The van der Waals surface area contributed by atoms with Gasteiger partial charge in [-0.3, -0.25) is 13.9 Å². The highest BCUT2D eigenvalue weighted by molar-refractivity contribution is 7.92. The lowest BCUT2D eigenvalue weighted by Crippen LogP contribution is -2.51. The van der Waals surface area contributed by atoms with E-state index in [4.69, 9.17) is 4.74 Å². The number of amides is 2. The molecule has 208 valence electrons. The van der Waals surface area contributed by atoms with Gasteiger partial charge in [0.2, 0.25) is 11.8 Å². The van der Waals surface area contributed by atoms with Crippen LogP contribution in [0.2, 0.25) is 0 Å². The molecule has 3 rings (SSSR count). The second kappa shape index (κ2) is 13.8. The number of carbonyl (C=O) groups is 2. The van der Waals surface area contributed by atoms with Crippen LogP contribution in [-0.2, 0) is 26.2 Å². The topological polar surface area (TPSA) is 96.0 Å². The third-order valence-electron chi connectivity index (χ3n) is 6.44. The third kappa shape index (κ3) is 7.83. The molecule has 0 aliphatic carbocycles. The number of anilines is 1. The Bertz CT molecular complexity index is 1330. The van der Waals surface area contributed by atoms with E-state index in [0.717, 1.165) is 28.3 Å². The molecule has 0 bridgehead atoms. The van der Waals surface area contributed by atoms with Gasteiger partial charge in [-0.2, -0.15) is 0 Å². The van der Waals surface area contributed by atoms with Crippen LogP contribution in [0.15, 0.2) is 83.8 Å². The minimum absolute atomic E-state index is 0.0247. The predicted molar refractivity (Wildman–Crippen MR) is 153 cm³/mol. The van der Waals surface area contributed by atoms with Crippen molar-refractivity contribution in [3.05, 3.63) is 90.0 Å². The summed E-state index contributed by atoms with van der Waals surface area (Å²) >= 11 is 0. The Hall–Kier alpha value is -3.85. The smallest absolute Gasteiger partial charge is 0.264 e. The van der Waals surface area contributed by atoms with E-state index < -0.39 is 28.5 Å². The highest BCUT2D eigenvalue weighted by Crippen LogP contribution is 2.26. The SMILES string of the molecule is CCCCNC(=O)C(C)N(Cc1ccccc1)C(=O)CN(c1ccc(C)cc1)S(=O)(=O)c1ccc(OC)cc1. The molecule has 3 aromatic carbocycles. The Morgan fingerprint density at radius 2 is 1.59 bits per heavy atom. The number of nitrogens with one attached hydrogen (secondary N) is 1. The van der Waals surface area contributed by atoms with E-state index in [1.165, 1.54) is 24.1 Å². The number of unbranched alkanes of at least 4 members (excludes halogenated alkanes) is 1. The fourth-order valence-corrected chi connectivity index (χ4v) is 5.43. The Balaban J connectivity index is 1.98. The lowest BCUT2D eigenvalue weighted by molar-refractivity contribution is -0.139. The van der Waals surface area contributed by atoms with Gasteiger partial charge in [0.25, 0.3) is 10.0 Å². The summed E-state index contributed by atoms with van der Waals surface area (Å²) in [6, 6.07) is 21.5. The molecule has 1 unspecified atom stereocenters. The van der Waals surface area contributed by atoms with Crippen LogP contribution in [0.3, 0.4) is 0 Å². The molecule has 0 spiro atoms. The van der Waals surface area contributed by atoms with Crippen molar-refractivity contribution in [3.63, 3.8) is 0 Å². The van der Waals surface area contributed by atoms with E-state index >= 15 is 0 Å². The molecule has 0 aliphatic rings. The molecular formula is C30H37N3O5S. The van der Waals surface area contributed by atoms with Crippen LogP contribution in [0.5, 0.6) is 5.75 Å². The Labute approximate surface area is 231 Å². The summed E-state index contributed by atoms with van der Waals surface area (Å²) in [6.07, 6.45) is 1.75. The molecule has 39 heavy (non-hydrogen) atoms. The van der Waals surface area contributed by atoms with Crippen molar-refractivity contribution in [2.75, 3.05) is 24.5 Å². The van der Waals surface area contributed by atoms with E-state index in [1.54, 1.807) is 43.3 Å². The van der Waals surface area contributed by atoms with E-state index in [0.29, 0.717) is 18.0 Å². The van der Waals surface area contributed by atoms with Crippen molar-refractivity contribution in [2.24, 2.45) is 0 Å². The number of rotatable bonds is 13. The highest BCUT2D eigenvalue weighted by Gasteiger charge is 2.32. The van der Waals surface area contributed by atoms with Crippen LogP contribution in [0.25, 0.3) is 0 Å². The Morgan fingerprint density at radius 3 is 2.18 bits per heavy atom. The highest BCUT2D eigenvalue weighted by atomic mass is 32.2. The minimum atomic E-state index is -4.13. The number of hydrogen-bond acceptors (Lipinski definition) is 5. The zero-order valence-corrected chi connectivity index (χ0v) is 23.8. The molecule has 1 atom stereocenters. The summed E-state index contributed by atoms with van der Waals surface area (Å²) in [5, 5.41) is 2.89. The molecule has 0 radical (unpaired) electrons. The van der Waals surface area contributed by atoms with Gasteiger partial charge in [-0.05, 0) is 62.2 Å². The quantitative estimate of drug-likeness (QED) is 0.315. The monoisotopic (exact) mass is 551 g/mol. The first-order chi connectivity index (χ1) is 18.7. The molecule has 0 saturated carbocycles. The van der Waals surface area contributed by atoms with Crippen LogP contribution in [0.1, 0.15) is 37.8 Å². The Morgan fingerprint density at radius 1 is 0.949 bits per heavy atom. The summed E-state index contributed by atoms with van der Waals surface area (Å²) < 4.78 is 34.0. The maximum atomic E-state index is 13.9. The fraction of sp³-hybridized carbons (Fsp3) is 0.333. The number of ether oxygens (including phenoxy) is 1. The van der Waals surface area contributed by atoms with Gasteiger partial charge in [-0.25, -0.2) is 8.42 Å². The van der Waals surface area contributed by atoms with Crippen molar-refractivity contribution in [2.45, 2.75) is 51.1 Å². The van der Waals surface area contributed by atoms with E-state index in [-0.39, 0.29) is 17.3 Å². The van der Waals surface area contributed by atoms with Crippen molar-refractivity contribution in [1.29, 1.82) is 0 Å². The number of benzene rings is 3. The number of methoxy groups -OCH3 is 1. The first kappa shape index (κ1) is 29.7. The summed E-state index contributed by atoms with van der Waals surface area (Å²) in [4.78, 5) is 28.3. The van der Waals surface area contributed by atoms with Crippen LogP contribution in [-0.4, -0.2) is 51.4 Å². The molecule has 0 fully saturated rings. The van der Waals surface area contributed by atoms with Crippen LogP contribution < -0.4 is 14.4 Å². The van der Waals surface area contributed by atoms with Crippen molar-refractivity contribution < 1.29 is 22.7 Å². The molecular weight excluding hydrogens is 514 g/mol. The van der Waals surface area contributed by atoms with Gasteiger partial charge >= 0.3 is 0 Å². The molecule has 2 amide bonds. The Kier molecular flexibility index (Phi) is 10.5. The van der Waals surface area contributed by atoms with Gasteiger partial charge in [0.05, 0.1) is 17.7 Å². The average Bonchev–Trinajstić information content (AvgIpc) is 2.95. The molecule has 0 saturated heterocycles. The minimum Gasteiger partial charge on any atom is -0.497 e. The molecule has 0 aliphatic heterocycles. The third-order valence-corrected chi connectivity index (χ3v) is 8.23. The zero-order valence-electron chi connectivity index (χ0n) is 23.0. The van der Waals surface area contributed by atoms with E-state index in [2.05, 4.69) is 5.32 Å². The maximum Gasteiger partial charge on any atom is 0.264 e. The predicted octanol–water partition coefficient (Wildman–Crippen LogP) is 4.53. The van der Waals surface area contributed by atoms with Crippen LogP contribution in [0, 0.1) is 6.92 Å². The normalized spacial score (nSPS) is 11.9. The van der Waals surface area contributed by atoms with Gasteiger partial charge in [0.15, 0.2) is 0 Å². The second-order valence-corrected chi connectivity index (χ2v) is 11.2. The van der Waals surface area contributed by atoms with E-state index in [1.807, 2.05) is 44.2 Å². The van der Waals surface area contributed by atoms with Gasteiger partial charge in [-0.15, -0.1) is 0 Å². The largest absolute Gasteiger partial charge is 0.497 e. The lowest BCUT2D eigenvalue weighted by Gasteiger charge is -2.32. The molecule has 0 aromatic heterocycles. The molecule has 8 nitrogen and oxygen atoms in total. The summed E-state index contributed by atoms with van der Waals surface area (Å²) in [5.41, 5.74) is 2.14. The molecule has 9 heteroatoms. The molecule has 1 N–H and O–H groups in total. The first-order valence-corrected chi connectivity index (χ1v) is 14.5. The summed E-state index contributed by atoms with van der Waals surface area (Å²) in [7, 11) is -2.63. The number of carbonyl (C=O) groups excluding carboxylic acids is 2. The van der Waals surface area contributed by atoms with Crippen LogP contribution in [0.4, 0.5) is 5.69 Å². The van der Waals surface area contributed by atoms with Crippen LogP contribution >= 0.6 is 0 Å². The number of sulfonamides is 1. The van der Waals surface area contributed by atoms with Gasteiger partial charge in [-0.1, -0.05) is 61.4 Å². The summed E-state index contributed by atoms with van der Waals surface area (Å²) in [6.45, 7) is 5.79. The van der Waals surface area contributed by atoms with E-state index in [9.17, 15) is 18.0 Å². The standard InChI is InChI=1S/C30H37N3O5S/c1-5-6-20-31-30(35)24(3)32(21-25-10-8-7-9-11-25)29(34)22-33(26-14-12-23(2)13-15-26)39(36,37)28-18-16-27(38-4)17-19-28/h7-19,24H,5-6,20-22H2,1-4H3,(H,31,35). The van der Waals surface area contributed by atoms with Gasteiger partial charge in [0.1, 0.15) is 18.3 Å². The van der Waals surface area contributed by atoms with Gasteiger partial charge in [0, 0.05) is 13.1 Å². The number of hydrogen-bond donors (Lipinski definition) is 1. The maximum absolute atomic E-state index is 13.9. The molecule has 3 aromatic rings. The van der Waals surface area contributed by atoms with Crippen molar-refractivity contribution in [3.8, 4) is 5.75 Å². The average molecular weight is 552 g/mol. The first-order valence-electron chi connectivity index (χ1n) is 13.0. The molecule has 0 heterocycles. The lowest BCUT2D eigenvalue weighted by atomic mass is 10.1. The fourth-order valence-electron chi connectivity index (χ4n) is 4.01. The van der Waals surface area contributed by atoms with Crippen molar-refractivity contribution in [1.82, 2.24) is 10.2 Å². The second-order valence-electron chi connectivity index (χ2n) is 9.35. The summed E-state index contributed by atoms with van der Waals surface area (Å²) in [5.74, 6) is -0.258. The zero-order chi connectivity index (χ0) is 28.4. The van der Waals surface area contributed by atoms with Gasteiger partial charge < -0.3 is 15.0 Å². The number of nitrogens with zero attached hydrogens (tertiary/aromatic N) is 2. The number of aryl methyl sites for hydroxylation is 1.